The Morgan fingerprint density at radius 1 is 0.861 bits per heavy atom. The highest BCUT2D eigenvalue weighted by Gasteiger charge is 2.26. The minimum atomic E-state index is -0.321. The van der Waals surface area contributed by atoms with E-state index < -0.39 is 0 Å². The van der Waals surface area contributed by atoms with E-state index in [1.165, 1.54) is 17.4 Å². The Morgan fingerprint density at radius 3 is 2.25 bits per heavy atom. The number of amides is 1. The number of rotatable bonds is 6. The van der Waals surface area contributed by atoms with Crippen molar-refractivity contribution in [3.63, 3.8) is 0 Å². The molecule has 1 aliphatic heterocycles. The third-order valence-electron chi connectivity index (χ3n) is 6.53. The van der Waals surface area contributed by atoms with Gasteiger partial charge < -0.3 is 14.4 Å². The van der Waals surface area contributed by atoms with Gasteiger partial charge in [0, 0.05) is 44.2 Å². The molecule has 0 atom stereocenters. The second kappa shape index (κ2) is 10.2. The number of fused-ring (bicyclic) bond motifs is 1. The fourth-order valence-electron chi connectivity index (χ4n) is 4.57. The molecule has 184 valence electrons. The Hall–Kier alpha value is -4.17. The molecule has 8 heteroatoms. The predicted molar refractivity (Wildman–Crippen MR) is 138 cm³/mol. The summed E-state index contributed by atoms with van der Waals surface area (Å²) in [5.41, 5.74) is 1.62. The summed E-state index contributed by atoms with van der Waals surface area (Å²) in [6, 6.07) is 22.5. The molecule has 5 rings (SSSR count). The molecule has 1 amide bonds. The molecule has 0 spiro atoms. The van der Waals surface area contributed by atoms with Crippen LogP contribution in [-0.4, -0.2) is 65.9 Å². The van der Waals surface area contributed by atoms with Crippen molar-refractivity contribution in [2.75, 3.05) is 40.4 Å². The van der Waals surface area contributed by atoms with Crippen LogP contribution >= 0.6 is 0 Å². The summed E-state index contributed by atoms with van der Waals surface area (Å²) >= 11 is 0. The van der Waals surface area contributed by atoms with Gasteiger partial charge in [0.15, 0.2) is 5.69 Å². The molecular formula is C28H28N4O4. The topological polar surface area (TPSA) is 76.9 Å². The van der Waals surface area contributed by atoms with Crippen LogP contribution in [0.1, 0.15) is 16.1 Å². The highest BCUT2D eigenvalue weighted by atomic mass is 16.5. The number of nitrogens with zero attached hydrogens (tertiary/aromatic N) is 4. The Morgan fingerprint density at radius 2 is 1.56 bits per heavy atom. The average Bonchev–Trinajstić information content (AvgIpc) is 2.94. The lowest BCUT2D eigenvalue weighted by Gasteiger charge is -2.34. The molecular weight excluding hydrogens is 456 g/mol. The summed E-state index contributed by atoms with van der Waals surface area (Å²) < 4.78 is 12.0. The molecule has 0 aliphatic carbocycles. The van der Waals surface area contributed by atoms with E-state index in [0.717, 1.165) is 19.6 Å². The van der Waals surface area contributed by atoms with Crippen molar-refractivity contribution in [1.29, 1.82) is 0 Å². The molecule has 0 radical (unpaired) electrons. The van der Waals surface area contributed by atoms with Gasteiger partial charge in [-0.1, -0.05) is 48.5 Å². The largest absolute Gasteiger partial charge is 0.497 e. The van der Waals surface area contributed by atoms with Gasteiger partial charge in [-0.3, -0.25) is 14.5 Å². The van der Waals surface area contributed by atoms with E-state index in [0.29, 0.717) is 41.0 Å². The number of piperazine rings is 1. The Bertz CT molecular complexity index is 1440. The summed E-state index contributed by atoms with van der Waals surface area (Å²) in [6.45, 7) is 3.57. The van der Waals surface area contributed by atoms with Crippen LogP contribution in [0.3, 0.4) is 0 Å². The van der Waals surface area contributed by atoms with E-state index in [-0.39, 0.29) is 17.2 Å². The van der Waals surface area contributed by atoms with Crippen LogP contribution in [0.5, 0.6) is 11.5 Å². The van der Waals surface area contributed by atoms with Crippen LogP contribution in [0.25, 0.3) is 16.5 Å². The summed E-state index contributed by atoms with van der Waals surface area (Å²) in [5, 5.41) is 5.55. The molecule has 0 unspecified atom stereocenters. The van der Waals surface area contributed by atoms with E-state index >= 15 is 0 Å². The molecule has 4 aromatic rings. The maximum atomic E-state index is 13.7. The van der Waals surface area contributed by atoms with Crippen LogP contribution in [0.2, 0.25) is 0 Å². The lowest BCUT2D eigenvalue weighted by atomic mass is 10.1. The van der Waals surface area contributed by atoms with Crippen molar-refractivity contribution in [1.82, 2.24) is 19.6 Å². The molecule has 1 aliphatic rings. The van der Waals surface area contributed by atoms with E-state index in [2.05, 4.69) is 22.1 Å². The number of carbonyl (C=O) groups is 1. The minimum Gasteiger partial charge on any atom is -0.497 e. The van der Waals surface area contributed by atoms with Gasteiger partial charge in [-0.05, 0) is 23.8 Å². The zero-order valence-corrected chi connectivity index (χ0v) is 20.4. The number of hydrogen-bond donors (Lipinski definition) is 0. The highest BCUT2D eigenvalue weighted by molar-refractivity contribution is 6.05. The second-order valence-corrected chi connectivity index (χ2v) is 8.70. The minimum absolute atomic E-state index is 0.188. The van der Waals surface area contributed by atoms with Crippen molar-refractivity contribution in [2.45, 2.75) is 6.54 Å². The van der Waals surface area contributed by atoms with E-state index in [4.69, 9.17) is 9.47 Å². The Kier molecular flexibility index (Phi) is 6.69. The van der Waals surface area contributed by atoms with Crippen molar-refractivity contribution >= 4 is 16.7 Å². The number of carbonyl (C=O) groups excluding carboxylic acids is 1. The van der Waals surface area contributed by atoms with Gasteiger partial charge in [-0.15, -0.1) is 0 Å². The predicted octanol–water partition coefficient (Wildman–Crippen LogP) is 3.36. The van der Waals surface area contributed by atoms with Crippen LogP contribution in [-0.2, 0) is 6.54 Å². The lowest BCUT2D eigenvalue weighted by Crippen LogP contribution is -2.48. The third kappa shape index (κ3) is 4.55. The fraction of sp³-hybridized carbons (Fsp3) is 0.250. The maximum absolute atomic E-state index is 13.7. The number of methoxy groups -OCH3 is 2. The molecule has 0 saturated carbocycles. The second-order valence-electron chi connectivity index (χ2n) is 8.70. The van der Waals surface area contributed by atoms with Crippen LogP contribution in [0.4, 0.5) is 0 Å². The summed E-state index contributed by atoms with van der Waals surface area (Å²) in [7, 11) is 3.08. The first-order valence-corrected chi connectivity index (χ1v) is 11.9. The third-order valence-corrected chi connectivity index (χ3v) is 6.53. The molecule has 8 nitrogen and oxygen atoms in total. The molecule has 1 aromatic heterocycles. The van der Waals surface area contributed by atoms with E-state index in [9.17, 15) is 9.59 Å². The zero-order chi connectivity index (χ0) is 25.1. The SMILES string of the molecule is COc1ccc(-n2nc(C(=O)N3CCN(Cc4ccccc4)CC3)c3ccccc3c2=O)c(OC)c1. The smallest absolute Gasteiger partial charge is 0.279 e. The number of hydrogen-bond acceptors (Lipinski definition) is 6. The number of ether oxygens (including phenoxy) is 2. The monoisotopic (exact) mass is 484 g/mol. The van der Waals surface area contributed by atoms with Gasteiger partial charge in [-0.25, -0.2) is 0 Å². The Labute approximate surface area is 209 Å². The van der Waals surface area contributed by atoms with Gasteiger partial charge >= 0.3 is 0 Å². The van der Waals surface area contributed by atoms with Crippen LogP contribution in [0, 0.1) is 0 Å². The molecule has 0 bridgehead atoms. The molecule has 0 N–H and O–H groups in total. The standard InChI is InChI=1S/C28H28N4O4/c1-35-21-12-13-24(25(18-21)36-2)32-27(33)23-11-7-6-10-22(23)26(29-32)28(34)31-16-14-30(15-17-31)19-20-8-4-3-5-9-20/h3-13,18H,14-17,19H2,1-2H3. The number of aromatic nitrogens is 2. The lowest BCUT2D eigenvalue weighted by molar-refractivity contribution is 0.0623. The normalized spacial score (nSPS) is 14.1. The van der Waals surface area contributed by atoms with Gasteiger partial charge in [0.1, 0.15) is 17.2 Å². The van der Waals surface area contributed by atoms with Gasteiger partial charge in [0.05, 0.1) is 19.6 Å². The summed E-state index contributed by atoms with van der Waals surface area (Å²) in [4.78, 5) is 31.3. The van der Waals surface area contributed by atoms with Gasteiger partial charge in [0.2, 0.25) is 0 Å². The summed E-state index contributed by atoms with van der Waals surface area (Å²) in [6.07, 6.45) is 0. The van der Waals surface area contributed by atoms with E-state index in [1.54, 1.807) is 43.5 Å². The van der Waals surface area contributed by atoms with Gasteiger partial charge in [-0.2, -0.15) is 9.78 Å². The Balaban J connectivity index is 1.47. The first kappa shape index (κ1) is 23.6. The first-order chi connectivity index (χ1) is 17.6. The van der Waals surface area contributed by atoms with Crippen LogP contribution in [0.15, 0.2) is 77.6 Å². The highest BCUT2D eigenvalue weighted by Crippen LogP contribution is 2.27. The van der Waals surface area contributed by atoms with Gasteiger partial charge in [0.25, 0.3) is 11.5 Å². The fourth-order valence-corrected chi connectivity index (χ4v) is 4.57. The summed E-state index contributed by atoms with van der Waals surface area (Å²) in [5.74, 6) is 0.827. The number of benzene rings is 3. The molecule has 1 fully saturated rings. The molecule has 3 aromatic carbocycles. The maximum Gasteiger partial charge on any atom is 0.279 e. The van der Waals surface area contributed by atoms with Crippen molar-refractivity contribution in [3.8, 4) is 17.2 Å². The van der Waals surface area contributed by atoms with E-state index in [1.807, 2.05) is 29.2 Å². The molecule has 1 saturated heterocycles. The quantitative estimate of drug-likeness (QED) is 0.418. The average molecular weight is 485 g/mol. The zero-order valence-electron chi connectivity index (χ0n) is 20.4. The van der Waals surface area contributed by atoms with Crippen molar-refractivity contribution < 1.29 is 14.3 Å². The first-order valence-electron chi connectivity index (χ1n) is 11.9. The van der Waals surface area contributed by atoms with Crippen molar-refractivity contribution in [2.24, 2.45) is 0 Å². The molecule has 36 heavy (non-hydrogen) atoms. The van der Waals surface area contributed by atoms with Crippen LogP contribution < -0.4 is 15.0 Å². The molecule has 2 heterocycles. The van der Waals surface area contributed by atoms with Crippen molar-refractivity contribution in [3.05, 3.63) is 94.4 Å².